The lowest BCUT2D eigenvalue weighted by Gasteiger charge is -1.94. The number of fused-ring (bicyclic) bond motifs is 1. The minimum Gasteiger partial charge on any atom is -0.463 e. The van der Waals surface area contributed by atoms with Crippen molar-refractivity contribution < 1.29 is 14.3 Å². The van der Waals surface area contributed by atoms with Gasteiger partial charge in [0, 0.05) is 0 Å². The zero-order valence-electron chi connectivity index (χ0n) is 8.48. The number of para-hydroxylation sites is 1. The van der Waals surface area contributed by atoms with Crippen LogP contribution in [0.2, 0.25) is 0 Å². The Kier molecular flexibility index (Phi) is 2.32. The standard InChI is InChI=1S/C10H9N3O3/c1-16-10(15)9-12-6-4-2-3-5(8(11)14)7(6)13-9/h2-4H,1H3,(H2,11,14)(H,12,13). The van der Waals surface area contributed by atoms with E-state index in [2.05, 4.69) is 14.7 Å². The first-order valence-electron chi connectivity index (χ1n) is 4.50. The molecule has 1 aromatic carbocycles. The molecule has 0 unspecified atom stereocenters. The lowest BCUT2D eigenvalue weighted by atomic mass is 10.2. The van der Waals surface area contributed by atoms with Gasteiger partial charge in [0.15, 0.2) is 0 Å². The van der Waals surface area contributed by atoms with Gasteiger partial charge in [-0.05, 0) is 12.1 Å². The first-order valence-corrected chi connectivity index (χ1v) is 4.50. The Morgan fingerprint density at radius 2 is 2.19 bits per heavy atom. The molecule has 0 radical (unpaired) electrons. The number of aromatic amines is 1. The van der Waals surface area contributed by atoms with Gasteiger partial charge in [0.1, 0.15) is 5.52 Å². The number of nitrogens with one attached hydrogen (secondary N) is 1. The quantitative estimate of drug-likeness (QED) is 0.716. The van der Waals surface area contributed by atoms with E-state index in [9.17, 15) is 9.59 Å². The summed E-state index contributed by atoms with van der Waals surface area (Å²) in [5, 5.41) is 0. The van der Waals surface area contributed by atoms with Crippen LogP contribution in [-0.2, 0) is 4.74 Å². The summed E-state index contributed by atoms with van der Waals surface area (Å²) in [4.78, 5) is 29.1. The largest absolute Gasteiger partial charge is 0.463 e. The highest BCUT2D eigenvalue weighted by Gasteiger charge is 2.15. The Bertz CT molecular complexity index is 574. The molecule has 16 heavy (non-hydrogen) atoms. The lowest BCUT2D eigenvalue weighted by Crippen LogP contribution is -2.11. The van der Waals surface area contributed by atoms with E-state index in [4.69, 9.17) is 5.73 Å². The minimum absolute atomic E-state index is 0.0474. The Hall–Kier alpha value is -2.37. The van der Waals surface area contributed by atoms with Crippen LogP contribution in [0.15, 0.2) is 18.2 Å². The number of amides is 1. The van der Waals surface area contributed by atoms with Crippen LogP contribution in [0.25, 0.3) is 11.0 Å². The van der Waals surface area contributed by atoms with E-state index in [0.29, 0.717) is 11.0 Å². The third-order valence-electron chi connectivity index (χ3n) is 2.16. The fraction of sp³-hybridized carbons (Fsp3) is 0.100. The molecular weight excluding hydrogens is 210 g/mol. The number of hydrogen-bond acceptors (Lipinski definition) is 4. The second-order valence-electron chi connectivity index (χ2n) is 3.14. The molecule has 6 nitrogen and oxygen atoms in total. The van der Waals surface area contributed by atoms with Crippen LogP contribution in [0, 0.1) is 0 Å². The number of ether oxygens (including phenoxy) is 1. The second-order valence-corrected chi connectivity index (χ2v) is 3.14. The number of nitrogens with zero attached hydrogens (tertiary/aromatic N) is 1. The molecule has 0 spiro atoms. The van der Waals surface area contributed by atoms with Gasteiger partial charge < -0.3 is 15.5 Å². The molecule has 0 atom stereocenters. The summed E-state index contributed by atoms with van der Waals surface area (Å²) in [7, 11) is 1.25. The molecule has 1 heterocycles. The summed E-state index contributed by atoms with van der Waals surface area (Å²) >= 11 is 0. The summed E-state index contributed by atoms with van der Waals surface area (Å²) in [5.74, 6) is -1.13. The van der Waals surface area contributed by atoms with Crippen LogP contribution >= 0.6 is 0 Å². The molecule has 1 aromatic heterocycles. The number of nitrogens with two attached hydrogens (primary N) is 1. The van der Waals surface area contributed by atoms with Crippen molar-refractivity contribution in [1.82, 2.24) is 9.97 Å². The zero-order chi connectivity index (χ0) is 11.7. The predicted octanol–water partition coefficient (Wildman–Crippen LogP) is 0.448. The van der Waals surface area contributed by atoms with Crippen molar-refractivity contribution in [2.75, 3.05) is 7.11 Å². The Balaban J connectivity index is 2.65. The zero-order valence-corrected chi connectivity index (χ0v) is 8.48. The number of rotatable bonds is 2. The maximum Gasteiger partial charge on any atom is 0.374 e. The Morgan fingerprint density at radius 1 is 1.44 bits per heavy atom. The molecule has 2 rings (SSSR count). The number of aromatic nitrogens is 2. The van der Waals surface area contributed by atoms with Crippen LogP contribution in [0.3, 0.4) is 0 Å². The van der Waals surface area contributed by atoms with E-state index in [-0.39, 0.29) is 11.4 Å². The van der Waals surface area contributed by atoms with Gasteiger partial charge in [-0.2, -0.15) is 0 Å². The third kappa shape index (κ3) is 1.50. The van der Waals surface area contributed by atoms with E-state index < -0.39 is 11.9 Å². The highest BCUT2D eigenvalue weighted by atomic mass is 16.5. The fourth-order valence-electron chi connectivity index (χ4n) is 1.42. The molecule has 0 fully saturated rings. The molecule has 1 amide bonds. The smallest absolute Gasteiger partial charge is 0.374 e. The summed E-state index contributed by atoms with van der Waals surface area (Å²) in [6.07, 6.45) is 0. The van der Waals surface area contributed by atoms with Gasteiger partial charge >= 0.3 is 5.97 Å². The van der Waals surface area contributed by atoms with E-state index in [0.717, 1.165) is 0 Å². The van der Waals surface area contributed by atoms with Crippen molar-refractivity contribution in [2.24, 2.45) is 5.73 Å². The maximum absolute atomic E-state index is 11.2. The number of carbonyl (C=O) groups excluding carboxylic acids is 2. The average molecular weight is 219 g/mol. The van der Waals surface area contributed by atoms with Crippen LogP contribution in [0.1, 0.15) is 21.0 Å². The van der Waals surface area contributed by atoms with Crippen LogP contribution in [-0.4, -0.2) is 29.0 Å². The molecule has 2 aromatic rings. The van der Waals surface area contributed by atoms with E-state index in [1.807, 2.05) is 0 Å². The Labute approximate surface area is 90.4 Å². The van der Waals surface area contributed by atoms with Crippen LogP contribution in [0.4, 0.5) is 0 Å². The van der Waals surface area contributed by atoms with Gasteiger partial charge in [-0.15, -0.1) is 0 Å². The number of esters is 1. The topological polar surface area (TPSA) is 98.1 Å². The van der Waals surface area contributed by atoms with Crippen LogP contribution in [0.5, 0.6) is 0 Å². The average Bonchev–Trinajstić information content (AvgIpc) is 2.70. The first kappa shape index (κ1) is 10.2. The van der Waals surface area contributed by atoms with Crippen LogP contribution < -0.4 is 5.73 Å². The highest BCUT2D eigenvalue weighted by Crippen LogP contribution is 2.16. The number of benzene rings is 1. The molecule has 0 aliphatic rings. The van der Waals surface area contributed by atoms with Crippen molar-refractivity contribution in [2.45, 2.75) is 0 Å². The summed E-state index contributed by atoms with van der Waals surface area (Å²) < 4.78 is 4.52. The number of carbonyl (C=O) groups is 2. The highest BCUT2D eigenvalue weighted by molar-refractivity contribution is 6.05. The number of hydrogen-bond donors (Lipinski definition) is 2. The van der Waals surface area contributed by atoms with Gasteiger partial charge in [-0.25, -0.2) is 9.78 Å². The molecule has 0 aliphatic carbocycles. The predicted molar refractivity (Wildman–Crippen MR) is 56.0 cm³/mol. The lowest BCUT2D eigenvalue weighted by molar-refractivity contribution is 0.0588. The molecule has 0 aliphatic heterocycles. The van der Waals surface area contributed by atoms with E-state index in [1.54, 1.807) is 18.2 Å². The van der Waals surface area contributed by atoms with Gasteiger partial charge in [0.05, 0.1) is 18.2 Å². The minimum atomic E-state index is -0.591. The molecule has 6 heteroatoms. The Morgan fingerprint density at radius 3 is 2.81 bits per heavy atom. The summed E-state index contributed by atoms with van der Waals surface area (Å²) in [6.45, 7) is 0. The maximum atomic E-state index is 11.2. The number of imidazole rings is 1. The molecule has 0 bridgehead atoms. The van der Waals surface area contributed by atoms with Crippen molar-refractivity contribution in [1.29, 1.82) is 0 Å². The van der Waals surface area contributed by atoms with E-state index >= 15 is 0 Å². The summed E-state index contributed by atoms with van der Waals surface area (Å²) in [6, 6.07) is 4.90. The molecule has 0 saturated heterocycles. The SMILES string of the molecule is COC(=O)c1nc2c(C(N)=O)cccc2[nH]1. The van der Waals surface area contributed by atoms with Crippen molar-refractivity contribution in [3.63, 3.8) is 0 Å². The summed E-state index contributed by atoms with van der Waals surface area (Å²) in [5.41, 5.74) is 6.39. The van der Waals surface area contributed by atoms with Gasteiger partial charge in [-0.3, -0.25) is 4.79 Å². The number of primary amides is 1. The normalized spacial score (nSPS) is 10.3. The van der Waals surface area contributed by atoms with Crippen molar-refractivity contribution in [3.8, 4) is 0 Å². The number of methoxy groups -OCH3 is 1. The van der Waals surface area contributed by atoms with Gasteiger partial charge in [0.25, 0.3) is 5.91 Å². The first-order chi connectivity index (χ1) is 7.63. The third-order valence-corrected chi connectivity index (χ3v) is 2.16. The van der Waals surface area contributed by atoms with E-state index in [1.165, 1.54) is 7.11 Å². The molecular formula is C10H9N3O3. The van der Waals surface area contributed by atoms with Crippen molar-refractivity contribution >= 4 is 22.9 Å². The second kappa shape index (κ2) is 3.65. The molecule has 82 valence electrons. The van der Waals surface area contributed by atoms with Gasteiger partial charge in [-0.1, -0.05) is 6.07 Å². The van der Waals surface area contributed by atoms with Crippen molar-refractivity contribution in [3.05, 3.63) is 29.6 Å². The molecule has 3 N–H and O–H groups in total. The van der Waals surface area contributed by atoms with Gasteiger partial charge in [0.2, 0.25) is 5.82 Å². The number of H-pyrrole nitrogens is 1. The molecule has 0 saturated carbocycles. The fourth-order valence-corrected chi connectivity index (χ4v) is 1.42. The monoisotopic (exact) mass is 219 g/mol.